The van der Waals surface area contributed by atoms with Crippen LogP contribution in [0.4, 0.5) is 5.69 Å². The van der Waals surface area contributed by atoms with E-state index in [1.54, 1.807) is 11.3 Å². The molecule has 1 saturated heterocycles. The van der Waals surface area contributed by atoms with Gasteiger partial charge in [0.1, 0.15) is 12.4 Å². The first-order chi connectivity index (χ1) is 12.3. The number of hydrogen-bond acceptors (Lipinski definition) is 5. The second-order valence-electron chi connectivity index (χ2n) is 6.31. The van der Waals surface area contributed by atoms with Crippen molar-refractivity contribution in [1.29, 1.82) is 0 Å². The van der Waals surface area contributed by atoms with E-state index in [1.807, 2.05) is 28.5 Å². The number of benzene rings is 1. The number of carbonyl (C=O) groups is 1. The van der Waals surface area contributed by atoms with Gasteiger partial charge in [0.2, 0.25) is 5.91 Å². The third-order valence-electron chi connectivity index (χ3n) is 4.66. The van der Waals surface area contributed by atoms with Crippen molar-refractivity contribution in [2.45, 2.75) is 13.0 Å². The number of carbonyl (C=O) groups excluding carboxylic acids is 1. The van der Waals surface area contributed by atoms with E-state index in [-0.39, 0.29) is 5.91 Å². The SMILES string of the molecule is O=C(Cc1cccs1)N1CCOc2ccc(N3CCOCC3)cc2C1. The molecule has 1 aromatic carbocycles. The van der Waals surface area contributed by atoms with Crippen LogP contribution in [0.15, 0.2) is 35.7 Å². The molecule has 6 heteroatoms. The molecule has 1 aromatic heterocycles. The van der Waals surface area contributed by atoms with E-state index in [4.69, 9.17) is 9.47 Å². The molecular formula is C19H22N2O3S. The van der Waals surface area contributed by atoms with E-state index in [1.165, 1.54) is 5.69 Å². The maximum absolute atomic E-state index is 12.7. The maximum Gasteiger partial charge on any atom is 0.228 e. The summed E-state index contributed by atoms with van der Waals surface area (Å²) in [5, 5.41) is 2.01. The number of morpholine rings is 1. The van der Waals surface area contributed by atoms with Gasteiger partial charge >= 0.3 is 0 Å². The molecule has 2 aromatic rings. The number of anilines is 1. The van der Waals surface area contributed by atoms with Crippen molar-refractivity contribution in [3.63, 3.8) is 0 Å². The van der Waals surface area contributed by atoms with Gasteiger partial charge in [0.15, 0.2) is 0 Å². The monoisotopic (exact) mass is 358 g/mol. The molecule has 3 heterocycles. The maximum atomic E-state index is 12.7. The molecule has 0 unspecified atom stereocenters. The molecular weight excluding hydrogens is 336 g/mol. The van der Waals surface area contributed by atoms with Crippen molar-refractivity contribution < 1.29 is 14.3 Å². The van der Waals surface area contributed by atoms with Crippen LogP contribution in [-0.4, -0.2) is 50.3 Å². The van der Waals surface area contributed by atoms with Gasteiger partial charge < -0.3 is 19.3 Å². The number of hydrogen-bond donors (Lipinski definition) is 0. The van der Waals surface area contributed by atoms with Gasteiger partial charge in [-0.25, -0.2) is 0 Å². The highest BCUT2D eigenvalue weighted by Crippen LogP contribution is 2.29. The van der Waals surface area contributed by atoms with Gasteiger partial charge in [-0.3, -0.25) is 4.79 Å². The van der Waals surface area contributed by atoms with Gasteiger partial charge in [-0.15, -0.1) is 11.3 Å². The lowest BCUT2D eigenvalue weighted by molar-refractivity contribution is -0.131. The van der Waals surface area contributed by atoms with Crippen molar-refractivity contribution in [3.05, 3.63) is 46.2 Å². The minimum atomic E-state index is 0.163. The third-order valence-corrected chi connectivity index (χ3v) is 5.53. The average Bonchev–Trinajstić information content (AvgIpc) is 3.06. The molecule has 0 spiro atoms. The Balaban J connectivity index is 1.51. The van der Waals surface area contributed by atoms with Crippen molar-refractivity contribution in [2.24, 2.45) is 0 Å². The Morgan fingerprint density at radius 3 is 2.80 bits per heavy atom. The standard InChI is InChI=1S/C19H22N2O3S/c22-19(13-17-2-1-11-25-17)21-7-10-24-18-4-3-16(12-15(18)14-21)20-5-8-23-9-6-20/h1-4,11-12H,5-10,13-14H2. The zero-order chi connectivity index (χ0) is 17.1. The van der Waals surface area contributed by atoms with Gasteiger partial charge in [-0.1, -0.05) is 6.07 Å². The number of nitrogens with zero attached hydrogens (tertiary/aromatic N) is 2. The van der Waals surface area contributed by atoms with Crippen molar-refractivity contribution in [3.8, 4) is 5.75 Å². The summed E-state index contributed by atoms with van der Waals surface area (Å²) in [6, 6.07) is 10.3. The molecule has 2 aliphatic heterocycles. The predicted octanol–water partition coefficient (Wildman–Crippen LogP) is 2.55. The summed E-state index contributed by atoms with van der Waals surface area (Å²) in [6.07, 6.45) is 0.468. The summed E-state index contributed by atoms with van der Waals surface area (Å²) in [7, 11) is 0. The summed E-state index contributed by atoms with van der Waals surface area (Å²) >= 11 is 1.63. The predicted molar refractivity (Wildman–Crippen MR) is 98.4 cm³/mol. The topological polar surface area (TPSA) is 42.0 Å². The number of fused-ring (bicyclic) bond motifs is 1. The van der Waals surface area contributed by atoms with Crippen LogP contribution in [0, 0.1) is 0 Å². The Bertz CT molecular complexity index is 726. The Morgan fingerprint density at radius 1 is 1.12 bits per heavy atom. The summed E-state index contributed by atoms with van der Waals surface area (Å²) in [5.74, 6) is 1.05. The van der Waals surface area contributed by atoms with Crippen LogP contribution in [0.2, 0.25) is 0 Å². The van der Waals surface area contributed by atoms with Crippen LogP contribution in [0.3, 0.4) is 0 Å². The van der Waals surface area contributed by atoms with Crippen molar-refractivity contribution >= 4 is 22.9 Å². The third kappa shape index (κ3) is 3.80. The minimum Gasteiger partial charge on any atom is -0.491 e. The van der Waals surface area contributed by atoms with Crippen LogP contribution in [0.25, 0.3) is 0 Å². The zero-order valence-corrected chi connectivity index (χ0v) is 15.0. The van der Waals surface area contributed by atoms with Gasteiger partial charge in [0.05, 0.1) is 26.2 Å². The molecule has 0 saturated carbocycles. The minimum absolute atomic E-state index is 0.163. The second kappa shape index (κ2) is 7.45. The first-order valence-electron chi connectivity index (χ1n) is 8.68. The quantitative estimate of drug-likeness (QED) is 0.846. The van der Waals surface area contributed by atoms with Crippen LogP contribution in [0.1, 0.15) is 10.4 Å². The van der Waals surface area contributed by atoms with Crippen LogP contribution >= 0.6 is 11.3 Å². The highest BCUT2D eigenvalue weighted by atomic mass is 32.1. The largest absolute Gasteiger partial charge is 0.491 e. The van der Waals surface area contributed by atoms with Gasteiger partial charge in [0.25, 0.3) is 0 Å². The van der Waals surface area contributed by atoms with Crippen LogP contribution < -0.4 is 9.64 Å². The van der Waals surface area contributed by atoms with E-state index in [9.17, 15) is 4.79 Å². The fraction of sp³-hybridized carbons (Fsp3) is 0.421. The molecule has 1 fully saturated rings. The Labute approximate surface area is 151 Å². The summed E-state index contributed by atoms with van der Waals surface area (Å²) in [5.41, 5.74) is 2.26. The van der Waals surface area contributed by atoms with Crippen LogP contribution in [-0.2, 0) is 22.5 Å². The fourth-order valence-corrected chi connectivity index (χ4v) is 3.98. The van der Waals surface area contributed by atoms with E-state index in [2.05, 4.69) is 17.0 Å². The van der Waals surface area contributed by atoms with Gasteiger partial charge in [-0.2, -0.15) is 0 Å². The molecule has 2 aliphatic rings. The van der Waals surface area contributed by atoms with Gasteiger partial charge in [0, 0.05) is 35.8 Å². The molecule has 132 valence electrons. The molecule has 0 N–H and O–H groups in total. The number of amides is 1. The Hall–Kier alpha value is -2.05. The Morgan fingerprint density at radius 2 is 2.00 bits per heavy atom. The highest BCUT2D eigenvalue weighted by Gasteiger charge is 2.21. The molecule has 4 rings (SSSR count). The van der Waals surface area contributed by atoms with E-state index in [0.717, 1.165) is 42.5 Å². The summed E-state index contributed by atoms with van der Waals surface area (Å²) < 4.78 is 11.3. The normalized spacial score (nSPS) is 17.6. The molecule has 1 amide bonds. The van der Waals surface area contributed by atoms with E-state index < -0.39 is 0 Å². The first kappa shape index (κ1) is 16.4. The lowest BCUT2D eigenvalue weighted by atomic mass is 10.1. The second-order valence-corrected chi connectivity index (χ2v) is 7.34. The molecule has 5 nitrogen and oxygen atoms in total. The molecule has 0 aliphatic carbocycles. The molecule has 25 heavy (non-hydrogen) atoms. The van der Waals surface area contributed by atoms with E-state index >= 15 is 0 Å². The molecule has 0 radical (unpaired) electrons. The lowest BCUT2D eigenvalue weighted by Crippen LogP contribution is -2.36. The molecule has 0 bridgehead atoms. The number of rotatable bonds is 3. The summed E-state index contributed by atoms with van der Waals surface area (Å²) in [4.78, 5) is 18.0. The van der Waals surface area contributed by atoms with Crippen LogP contribution in [0.5, 0.6) is 5.75 Å². The van der Waals surface area contributed by atoms with Crippen molar-refractivity contribution in [2.75, 3.05) is 44.4 Å². The first-order valence-corrected chi connectivity index (χ1v) is 9.56. The van der Waals surface area contributed by atoms with Gasteiger partial charge in [-0.05, 0) is 29.6 Å². The fourth-order valence-electron chi connectivity index (χ4n) is 3.29. The zero-order valence-electron chi connectivity index (χ0n) is 14.1. The molecule has 0 atom stereocenters. The average molecular weight is 358 g/mol. The summed E-state index contributed by atoms with van der Waals surface area (Å²) in [6.45, 7) is 5.11. The van der Waals surface area contributed by atoms with E-state index in [0.29, 0.717) is 26.1 Å². The lowest BCUT2D eigenvalue weighted by Gasteiger charge is -2.29. The van der Waals surface area contributed by atoms with Crippen molar-refractivity contribution in [1.82, 2.24) is 4.90 Å². The number of ether oxygens (including phenoxy) is 2. The smallest absolute Gasteiger partial charge is 0.228 e. The highest BCUT2D eigenvalue weighted by molar-refractivity contribution is 7.10. The number of thiophene rings is 1. The Kier molecular flexibility index (Phi) is 4.90.